The van der Waals surface area contributed by atoms with Crippen molar-refractivity contribution in [3.8, 4) is 0 Å². The molecule has 0 bridgehead atoms. The molecule has 0 aromatic heterocycles. The highest BCUT2D eigenvalue weighted by atomic mass is 16.2. The van der Waals surface area contributed by atoms with E-state index in [9.17, 15) is 19.2 Å². The molecule has 0 aromatic rings. The Bertz CT molecular complexity index is 409. The predicted molar refractivity (Wildman–Crippen MR) is 51.7 cm³/mol. The third-order valence-electron chi connectivity index (χ3n) is 2.78. The molecular weight excluding hydrogens is 212 g/mol. The number of amides is 4. The molecule has 2 aliphatic rings. The van der Waals surface area contributed by atoms with E-state index in [-0.39, 0.29) is 24.8 Å². The minimum atomic E-state index is -0.592. The van der Waals surface area contributed by atoms with Crippen LogP contribution >= 0.6 is 0 Å². The monoisotopic (exact) mass is 222 g/mol. The van der Waals surface area contributed by atoms with Gasteiger partial charge in [-0.3, -0.25) is 29.0 Å². The van der Waals surface area contributed by atoms with Crippen molar-refractivity contribution in [2.45, 2.75) is 6.42 Å². The van der Waals surface area contributed by atoms with Gasteiger partial charge in [0.2, 0.25) is 11.8 Å². The molecule has 1 fully saturated rings. The molecule has 2 heterocycles. The second kappa shape index (κ2) is 3.55. The fraction of sp³-hybridized carbons (Fsp3) is 0.400. The minimum absolute atomic E-state index is 0.0143. The molecular formula is C10H10N2O4. The molecule has 16 heavy (non-hydrogen) atoms. The summed E-state index contributed by atoms with van der Waals surface area (Å²) < 4.78 is 0. The quantitative estimate of drug-likeness (QED) is 0.557. The van der Waals surface area contributed by atoms with E-state index in [4.69, 9.17) is 0 Å². The zero-order chi connectivity index (χ0) is 11.9. The maximum Gasteiger partial charge on any atom is 0.253 e. The van der Waals surface area contributed by atoms with Crippen molar-refractivity contribution in [1.82, 2.24) is 9.80 Å². The Morgan fingerprint density at radius 1 is 1.19 bits per heavy atom. The largest absolute Gasteiger partial charge is 0.285 e. The molecule has 4 amide bonds. The first-order valence-corrected chi connectivity index (χ1v) is 4.84. The fourth-order valence-electron chi connectivity index (χ4n) is 1.81. The van der Waals surface area contributed by atoms with Crippen molar-refractivity contribution >= 4 is 23.6 Å². The Labute approximate surface area is 91.5 Å². The normalized spacial score (nSPS) is 25.2. The predicted octanol–water partition coefficient (Wildman–Crippen LogP) is -1.08. The molecule has 0 aromatic carbocycles. The number of hydrogen-bond donors (Lipinski definition) is 0. The van der Waals surface area contributed by atoms with Gasteiger partial charge in [0.1, 0.15) is 0 Å². The lowest BCUT2D eigenvalue weighted by Crippen LogP contribution is -2.37. The van der Waals surface area contributed by atoms with Crippen LogP contribution in [0.4, 0.5) is 0 Å². The third-order valence-corrected chi connectivity index (χ3v) is 2.78. The van der Waals surface area contributed by atoms with Gasteiger partial charge in [0.05, 0.1) is 5.92 Å². The number of carbonyl (C=O) groups is 4. The van der Waals surface area contributed by atoms with Crippen LogP contribution in [0.25, 0.3) is 0 Å². The van der Waals surface area contributed by atoms with Crippen LogP contribution in [0.15, 0.2) is 12.2 Å². The first-order valence-electron chi connectivity index (χ1n) is 4.84. The van der Waals surface area contributed by atoms with E-state index in [1.54, 1.807) is 0 Å². The molecule has 1 unspecified atom stereocenters. The minimum Gasteiger partial charge on any atom is -0.285 e. The highest BCUT2D eigenvalue weighted by Gasteiger charge is 2.39. The highest BCUT2D eigenvalue weighted by Crippen LogP contribution is 2.20. The summed E-state index contributed by atoms with van der Waals surface area (Å²) in [6.07, 6.45) is 2.38. The van der Waals surface area contributed by atoms with Crippen molar-refractivity contribution in [1.29, 1.82) is 0 Å². The van der Waals surface area contributed by atoms with E-state index in [0.717, 1.165) is 22.0 Å². The van der Waals surface area contributed by atoms with Gasteiger partial charge in [-0.15, -0.1) is 0 Å². The summed E-state index contributed by atoms with van der Waals surface area (Å²) in [4.78, 5) is 47.3. The average Bonchev–Trinajstić information content (AvgIpc) is 2.67. The zero-order valence-electron chi connectivity index (χ0n) is 8.67. The molecule has 0 N–H and O–H groups in total. The van der Waals surface area contributed by atoms with Crippen molar-refractivity contribution in [3.05, 3.63) is 12.2 Å². The van der Waals surface area contributed by atoms with Crippen molar-refractivity contribution in [3.63, 3.8) is 0 Å². The first-order chi connectivity index (χ1) is 7.50. The smallest absolute Gasteiger partial charge is 0.253 e. The van der Waals surface area contributed by atoms with Gasteiger partial charge in [0.25, 0.3) is 11.8 Å². The summed E-state index contributed by atoms with van der Waals surface area (Å²) in [5.41, 5.74) is 0. The van der Waals surface area contributed by atoms with Gasteiger partial charge in [-0.25, -0.2) is 0 Å². The maximum absolute atomic E-state index is 11.6. The van der Waals surface area contributed by atoms with Crippen LogP contribution in [0, 0.1) is 5.92 Å². The molecule has 0 spiro atoms. The third kappa shape index (κ3) is 1.52. The topological polar surface area (TPSA) is 74.8 Å². The van der Waals surface area contributed by atoms with Crippen LogP contribution in [0.1, 0.15) is 6.42 Å². The van der Waals surface area contributed by atoms with E-state index < -0.39 is 17.7 Å². The van der Waals surface area contributed by atoms with Gasteiger partial charge in [-0.1, -0.05) is 0 Å². The first kappa shape index (κ1) is 10.5. The van der Waals surface area contributed by atoms with E-state index in [2.05, 4.69) is 0 Å². The molecule has 84 valence electrons. The average molecular weight is 222 g/mol. The molecule has 6 heteroatoms. The number of nitrogens with zero attached hydrogens (tertiary/aromatic N) is 2. The van der Waals surface area contributed by atoms with Crippen LogP contribution in [-0.2, 0) is 19.2 Å². The Kier molecular flexibility index (Phi) is 2.34. The molecule has 1 atom stereocenters. The highest BCUT2D eigenvalue weighted by molar-refractivity contribution is 6.13. The lowest BCUT2D eigenvalue weighted by Gasteiger charge is -2.16. The molecule has 0 aliphatic carbocycles. The SMILES string of the molecule is CN1C(=O)CC(CN2C(=O)C=CC2=O)C1=O. The zero-order valence-corrected chi connectivity index (χ0v) is 8.67. The Hall–Kier alpha value is -1.98. The Morgan fingerprint density at radius 2 is 1.75 bits per heavy atom. The van der Waals surface area contributed by atoms with Crippen LogP contribution in [0.2, 0.25) is 0 Å². The van der Waals surface area contributed by atoms with Crippen LogP contribution in [0.5, 0.6) is 0 Å². The lowest BCUT2D eigenvalue weighted by atomic mass is 10.1. The van der Waals surface area contributed by atoms with Crippen LogP contribution in [0.3, 0.4) is 0 Å². The summed E-state index contributed by atoms with van der Waals surface area (Å²) >= 11 is 0. The van der Waals surface area contributed by atoms with E-state index in [1.807, 2.05) is 0 Å². The summed E-state index contributed by atoms with van der Waals surface area (Å²) in [7, 11) is 1.40. The standard InChI is InChI=1S/C10H10N2O4/c1-11-9(15)4-6(10(11)16)5-12-7(13)2-3-8(12)14/h2-3,6H,4-5H2,1H3. The summed E-state index contributed by atoms with van der Waals surface area (Å²) in [5, 5.41) is 0. The van der Waals surface area contributed by atoms with E-state index >= 15 is 0 Å². The summed E-state index contributed by atoms with van der Waals surface area (Å²) in [6.45, 7) is -0.0143. The van der Waals surface area contributed by atoms with Gasteiger partial charge in [0, 0.05) is 32.2 Å². The number of carbonyl (C=O) groups excluding carboxylic acids is 4. The molecule has 0 radical (unpaired) electrons. The van der Waals surface area contributed by atoms with Crippen molar-refractivity contribution < 1.29 is 19.2 Å². The molecule has 2 rings (SSSR count). The second-order valence-electron chi connectivity index (χ2n) is 3.81. The van der Waals surface area contributed by atoms with Gasteiger partial charge >= 0.3 is 0 Å². The number of likely N-dealkylation sites (tertiary alicyclic amines) is 1. The van der Waals surface area contributed by atoms with E-state index in [0.29, 0.717) is 0 Å². The van der Waals surface area contributed by atoms with Gasteiger partial charge in [0.15, 0.2) is 0 Å². The number of imide groups is 2. The molecule has 1 saturated heterocycles. The molecule has 2 aliphatic heterocycles. The second-order valence-corrected chi connectivity index (χ2v) is 3.81. The van der Waals surface area contributed by atoms with Gasteiger partial charge < -0.3 is 0 Å². The summed E-state index contributed by atoms with van der Waals surface area (Å²) in [5.74, 6) is -2.07. The van der Waals surface area contributed by atoms with Crippen molar-refractivity contribution in [2.24, 2.45) is 5.92 Å². The van der Waals surface area contributed by atoms with Gasteiger partial charge in [-0.2, -0.15) is 0 Å². The number of rotatable bonds is 2. The number of hydrogen-bond acceptors (Lipinski definition) is 4. The van der Waals surface area contributed by atoms with Crippen LogP contribution < -0.4 is 0 Å². The Morgan fingerprint density at radius 3 is 2.19 bits per heavy atom. The molecule has 0 saturated carbocycles. The summed E-state index contributed by atoms with van der Waals surface area (Å²) in [6, 6.07) is 0. The van der Waals surface area contributed by atoms with Crippen molar-refractivity contribution in [2.75, 3.05) is 13.6 Å². The van der Waals surface area contributed by atoms with Crippen LogP contribution in [-0.4, -0.2) is 47.0 Å². The van der Waals surface area contributed by atoms with Gasteiger partial charge in [-0.05, 0) is 0 Å². The lowest BCUT2D eigenvalue weighted by molar-refractivity contribution is -0.139. The maximum atomic E-state index is 11.6. The molecule has 6 nitrogen and oxygen atoms in total. The Balaban J connectivity index is 2.07. The van der Waals surface area contributed by atoms with E-state index in [1.165, 1.54) is 7.05 Å². The fourth-order valence-corrected chi connectivity index (χ4v) is 1.81.